The maximum Gasteiger partial charge on any atom is 0.331 e. The number of thiazole rings is 1. The largest absolute Gasteiger partial charge is 0.465 e. The Bertz CT molecular complexity index is 1080. The van der Waals surface area contributed by atoms with Gasteiger partial charge in [0.25, 0.3) is 5.91 Å². The molecule has 0 saturated carbocycles. The number of nitrogens with zero attached hydrogens (tertiary/aromatic N) is 1. The molecule has 1 amide bonds. The molecule has 0 aliphatic carbocycles. The van der Waals surface area contributed by atoms with Gasteiger partial charge in [0.2, 0.25) is 5.25 Å². The number of carbonyl (C=O) groups is 3. The smallest absolute Gasteiger partial charge is 0.331 e. The zero-order valence-electron chi connectivity index (χ0n) is 17.3. The number of ether oxygens (including phenoxy) is 2. The number of aryl methyl sites for hydroxylation is 1. The first-order chi connectivity index (χ1) is 14.9. The standard InChI is InChI=1S/C22H22N2O5S2/c1-4-28-20(26)18(21(27)29-5-2)31-22-24-16-11-10-15(12-17(16)30-22)23-19(25)14-8-6-13(3)7-9-14/h6-12,18H,4-5H2,1-3H3,(H,23,25). The summed E-state index contributed by atoms with van der Waals surface area (Å²) in [4.78, 5) is 41.3. The number of esters is 2. The average molecular weight is 459 g/mol. The van der Waals surface area contributed by atoms with E-state index in [1.54, 1.807) is 38.1 Å². The van der Waals surface area contributed by atoms with Gasteiger partial charge in [-0.2, -0.15) is 0 Å². The molecular weight excluding hydrogens is 436 g/mol. The molecule has 3 aromatic rings. The highest BCUT2D eigenvalue weighted by atomic mass is 32.2. The SMILES string of the molecule is CCOC(=O)C(Sc1nc2ccc(NC(=O)c3ccc(C)cc3)cc2s1)C(=O)OCC. The third-order valence-corrected chi connectivity index (χ3v) is 6.43. The Hall–Kier alpha value is -2.91. The Kier molecular flexibility index (Phi) is 7.64. The Morgan fingerprint density at radius 3 is 2.29 bits per heavy atom. The predicted molar refractivity (Wildman–Crippen MR) is 122 cm³/mol. The van der Waals surface area contributed by atoms with Gasteiger partial charge in [-0.05, 0) is 51.1 Å². The third kappa shape index (κ3) is 5.83. The summed E-state index contributed by atoms with van der Waals surface area (Å²) in [6, 6.07) is 12.7. The molecule has 9 heteroatoms. The van der Waals surface area contributed by atoms with Crippen LogP contribution in [0.25, 0.3) is 10.2 Å². The first-order valence-electron chi connectivity index (χ1n) is 9.69. The topological polar surface area (TPSA) is 94.6 Å². The molecule has 0 fully saturated rings. The van der Waals surface area contributed by atoms with Crippen molar-refractivity contribution in [2.24, 2.45) is 0 Å². The van der Waals surface area contributed by atoms with Crippen LogP contribution >= 0.6 is 23.1 Å². The fourth-order valence-corrected chi connectivity index (χ4v) is 4.84. The van der Waals surface area contributed by atoms with E-state index in [1.165, 1.54) is 11.3 Å². The zero-order chi connectivity index (χ0) is 22.4. The van der Waals surface area contributed by atoms with Crippen molar-refractivity contribution in [1.82, 2.24) is 4.98 Å². The quantitative estimate of drug-likeness (QED) is 0.303. The van der Waals surface area contributed by atoms with Gasteiger partial charge in [0.15, 0.2) is 4.34 Å². The summed E-state index contributed by atoms with van der Waals surface area (Å²) in [6.07, 6.45) is 0. The van der Waals surface area contributed by atoms with E-state index in [-0.39, 0.29) is 19.1 Å². The number of hydrogen-bond donors (Lipinski definition) is 1. The maximum atomic E-state index is 12.5. The van der Waals surface area contributed by atoms with Gasteiger partial charge in [-0.25, -0.2) is 4.98 Å². The van der Waals surface area contributed by atoms with E-state index in [2.05, 4.69) is 10.3 Å². The number of fused-ring (bicyclic) bond motifs is 1. The first kappa shape index (κ1) is 22.8. The summed E-state index contributed by atoms with van der Waals surface area (Å²) in [5, 5.41) is 1.74. The maximum absolute atomic E-state index is 12.5. The van der Waals surface area contributed by atoms with Crippen LogP contribution in [0, 0.1) is 6.92 Å². The van der Waals surface area contributed by atoms with E-state index in [0.29, 0.717) is 21.1 Å². The fraction of sp³-hybridized carbons (Fsp3) is 0.273. The summed E-state index contributed by atoms with van der Waals surface area (Å²) in [6.45, 7) is 5.64. The molecular formula is C22H22N2O5S2. The lowest BCUT2D eigenvalue weighted by molar-refractivity contribution is -0.152. The van der Waals surface area contributed by atoms with Gasteiger partial charge in [-0.15, -0.1) is 11.3 Å². The molecule has 0 aliphatic rings. The van der Waals surface area contributed by atoms with Gasteiger partial charge in [-0.3, -0.25) is 14.4 Å². The monoisotopic (exact) mass is 458 g/mol. The van der Waals surface area contributed by atoms with Crippen molar-refractivity contribution in [3.05, 3.63) is 53.6 Å². The highest BCUT2D eigenvalue weighted by Crippen LogP contribution is 2.34. The lowest BCUT2D eigenvalue weighted by Crippen LogP contribution is -2.30. The van der Waals surface area contributed by atoms with Crippen molar-refractivity contribution in [3.8, 4) is 0 Å². The van der Waals surface area contributed by atoms with Crippen LogP contribution in [-0.4, -0.2) is 41.3 Å². The minimum Gasteiger partial charge on any atom is -0.465 e. The van der Waals surface area contributed by atoms with Gasteiger partial charge in [0.1, 0.15) is 0 Å². The molecule has 0 atom stereocenters. The molecule has 0 aliphatic heterocycles. The number of hydrogen-bond acceptors (Lipinski definition) is 8. The van der Waals surface area contributed by atoms with E-state index in [9.17, 15) is 14.4 Å². The number of amides is 1. The van der Waals surface area contributed by atoms with Crippen molar-refractivity contribution in [2.75, 3.05) is 18.5 Å². The Balaban J connectivity index is 1.77. The van der Waals surface area contributed by atoms with Crippen molar-refractivity contribution in [3.63, 3.8) is 0 Å². The van der Waals surface area contributed by atoms with E-state index in [0.717, 1.165) is 22.0 Å². The van der Waals surface area contributed by atoms with Gasteiger partial charge in [0, 0.05) is 11.3 Å². The molecule has 2 aromatic carbocycles. The van der Waals surface area contributed by atoms with Crippen LogP contribution in [-0.2, 0) is 19.1 Å². The number of anilines is 1. The second kappa shape index (κ2) is 10.4. The highest BCUT2D eigenvalue weighted by Gasteiger charge is 2.32. The molecule has 1 aromatic heterocycles. The first-order valence-corrected chi connectivity index (χ1v) is 11.4. The number of benzene rings is 2. The molecule has 0 saturated heterocycles. The summed E-state index contributed by atoms with van der Waals surface area (Å²) in [5.74, 6) is -1.52. The normalized spacial score (nSPS) is 10.8. The molecule has 31 heavy (non-hydrogen) atoms. The van der Waals surface area contributed by atoms with Crippen molar-refractivity contribution >= 4 is 56.8 Å². The summed E-state index contributed by atoms with van der Waals surface area (Å²) >= 11 is 2.32. The van der Waals surface area contributed by atoms with Crippen LogP contribution in [0.5, 0.6) is 0 Å². The van der Waals surface area contributed by atoms with Crippen molar-refractivity contribution < 1.29 is 23.9 Å². The lowest BCUT2D eigenvalue weighted by atomic mass is 10.1. The minimum absolute atomic E-state index is 0.166. The Labute approximate surface area is 188 Å². The highest BCUT2D eigenvalue weighted by molar-refractivity contribution is 8.03. The van der Waals surface area contributed by atoms with E-state index >= 15 is 0 Å². The van der Waals surface area contributed by atoms with Gasteiger partial charge in [-0.1, -0.05) is 29.5 Å². The summed E-state index contributed by atoms with van der Waals surface area (Å²) < 4.78 is 11.3. The van der Waals surface area contributed by atoms with Crippen LogP contribution in [0.15, 0.2) is 46.8 Å². The van der Waals surface area contributed by atoms with Crippen LogP contribution in [0.4, 0.5) is 5.69 Å². The second-order valence-electron chi connectivity index (χ2n) is 6.48. The van der Waals surface area contributed by atoms with E-state index in [1.807, 2.05) is 25.1 Å². The number of thioether (sulfide) groups is 1. The van der Waals surface area contributed by atoms with Crippen LogP contribution in [0.3, 0.4) is 0 Å². The minimum atomic E-state index is -1.14. The van der Waals surface area contributed by atoms with Gasteiger partial charge >= 0.3 is 11.9 Å². The second-order valence-corrected chi connectivity index (χ2v) is 8.87. The van der Waals surface area contributed by atoms with Gasteiger partial charge < -0.3 is 14.8 Å². The predicted octanol–water partition coefficient (Wildman–Crippen LogP) is 4.44. The fourth-order valence-electron chi connectivity index (χ4n) is 2.67. The summed E-state index contributed by atoms with van der Waals surface area (Å²) in [5.41, 5.74) is 2.98. The van der Waals surface area contributed by atoms with Crippen molar-refractivity contribution in [2.45, 2.75) is 30.4 Å². The zero-order valence-corrected chi connectivity index (χ0v) is 19.0. The van der Waals surface area contributed by atoms with Gasteiger partial charge in [0.05, 0.1) is 23.4 Å². The average Bonchev–Trinajstić information content (AvgIpc) is 3.14. The molecule has 0 spiro atoms. The molecule has 3 rings (SSSR count). The number of carbonyl (C=O) groups excluding carboxylic acids is 3. The number of rotatable bonds is 8. The summed E-state index contributed by atoms with van der Waals surface area (Å²) in [7, 11) is 0. The molecule has 0 radical (unpaired) electrons. The molecule has 1 heterocycles. The molecule has 0 bridgehead atoms. The van der Waals surface area contributed by atoms with E-state index < -0.39 is 17.2 Å². The third-order valence-electron chi connectivity index (χ3n) is 4.16. The molecule has 162 valence electrons. The van der Waals surface area contributed by atoms with E-state index in [4.69, 9.17) is 9.47 Å². The molecule has 1 N–H and O–H groups in total. The molecule has 7 nitrogen and oxygen atoms in total. The lowest BCUT2D eigenvalue weighted by Gasteiger charge is -2.12. The van der Waals surface area contributed by atoms with Crippen molar-refractivity contribution in [1.29, 1.82) is 0 Å². The Morgan fingerprint density at radius 1 is 1.03 bits per heavy atom. The number of nitrogens with one attached hydrogen (secondary N) is 1. The Morgan fingerprint density at radius 2 is 1.68 bits per heavy atom. The van der Waals surface area contributed by atoms with Crippen LogP contribution < -0.4 is 5.32 Å². The van der Waals surface area contributed by atoms with Crippen LogP contribution in [0.1, 0.15) is 29.8 Å². The number of aromatic nitrogens is 1. The van der Waals surface area contributed by atoms with Crippen LogP contribution in [0.2, 0.25) is 0 Å². The molecule has 0 unspecified atom stereocenters.